The molecule has 2 N–H and O–H groups in total. The highest BCUT2D eigenvalue weighted by molar-refractivity contribution is 5.80. The van der Waals surface area contributed by atoms with Crippen LogP contribution >= 0.6 is 0 Å². The van der Waals surface area contributed by atoms with Crippen molar-refractivity contribution in [2.45, 2.75) is 39.2 Å². The Morgan fingerprint density at radius 2 is 2.22 bits per heavy atom. The van der Waals surface area contributed by atoms with Crippen molar-refractivity contribution >= 4 is 17.0 Å². The molecule has 18 heavy (non-hydrogen) atoms. The molecule has 1 unspecified atom stereocenters. The molecular formula is C14H18N4. The molecule has 94 valence electrons. The molecule has 4 heteroatoms. The van der Waals surface area contributed by atoms with E-state index in [1.54, 1.807) is 6.07 Å². The molecule has 0 spiro atoms. The molecular weight excluding hydrogens is 224 g/mol. The van der Waals surface area contributed by atoms with Crippen molar-refractivity contribution in [3.05, 3.63) is 23.8 Å². The van der Waals surface area contributed by atoms with Gasteiger partial charge in [-0.05, 0) is 31.0 Å². The average molecular weight is 242 g/mol. The molecule has 2 aromatic rings. The summed E-state index contributed by atoms with van der Waals surface area (Å²) in [5.41, 5.74) is 8.50. The number of imidazole rings is 1. The SMILES string of the molecule is CCCC(CC)n1c(N)nc2ccc(C#N)cc21. The minimum absolute atomic E-state index is 0.356. The lowest BCUT2D eigenvalue weighted by molar-refractivity contribution is 0.463. The van der Waals surface area contributed by atoms with Gasteiger partial charge in [0.05, 0.1) is 22.7 Å². The number of nitrogens with zero attached hydrogens (tertiary/aromatic N) is 3. The van der Waals surface area contributed by atoms with Gasteiger partial charge in [-0.3, -0.25) is 0 Å². The quantitative estimate of drug-likeness (QED) is 0.894. The number of rotatable bonds is 4. The number of anilines is 1. The summed E-state index contributed by atoms with van der Waals surface area (Å²) >= 11 is 0. The van der Waals surface area contributed by atoms with Crippen LogP contribution in [0.15, 0.2) is 18.2 Å². The van der Waals surface area contributed by atoms with Gasteiger partial charge in [-0.1, -0.05) is 20.3 Å². The van der Waals surface area contributed by atoms with E-state index in [1.165, 1.54) is 0 Å². The number of hydrogen-bond acceptors (Lipinski definition) is 3. The van der Waals surface area contributed by atoms with Crippen molar-refractivity contribution in [1.82, 2.24) is 9.55 Å². The second-order valence-corrected chi connectivity index (χ2v) is 4.51. The van der Waals surface area contributed by atoms with Gasteiger partial charge in [0.15, 0.2) is 0 Å². The second kappa shape index (κ2) is 5.09. The molecule has 0 aliphatic heterocycles. The van der Waals surface area contributed by atoms with Crippen molar-refractivity contribution in [2.75, 3.05) is 5.73 Å². The van der Waals surface area contributed by atoms with Crippen LogP contribution in [0.25, 0.3) is 11.0 Å². The summed E-state index contributed by atoms with van der Waals surface area (Å²) in [7, 11) is 0. The van der Waals surface area contributed by atoms with Gasteiger partial charge in [-0.25, -0.2) is 4.98 Å². The normalized spacial score (nSPS) is 12.5. The van der Waals surface area contributed by atoms with Gasteiger partial charge in [0.25, 0.3) is 0 Å². The van der Waals surface area contributed by atoms with Gasteiger partial charge in [0.2, 0.25) is 5.95 Å². The van der Waals surface area contributed by atoms with Crippen LogP contribution in [-0.4, -0.2) is 9.55 Å². The maximum absolute atomic E-state index is 8.98. The van der Waals surface area contributed by atoms with Crippen LogP contribution in [0.4, 0.5) is 5.95 Å². The Balaban J connectivity index is 2.60. The summed E-state index contributed by atoms with van der Waals surface area (Å²) < 4.78 is 2.07. The van der Waals surface area contributed by atoms with Crippen LogP contribution < -0.4 is 5.73 Å². The van der Waals surface area contributed by atoms with Crippen LogP contribution in [0, 0.1) is 11.3 Å². The monoisotopic (exact) mass is 242 g/mol. The topological polar surface area (TPSA) is 67.6 Å². The van der Waals surface area contributed by atoms with Crippen molar-refractivity contribution in [2.24, 2.45) is 0 Å². The number of aromatic nitrogens is 2. The number of nitriles is 1. The third kappa shape index (κ3) is 2.04. The zero-order chi connectivity index (χ0) is 13.1. The number of nitrogens with two attached hydrogens (primary N) is 1. The average Bonchev–Trinajstić information content (AvgIpc) is 2.71. The lowest BCUT2D eigenvalue weighted by atomic mass is 10.1. The lowest BCUT2D eigenvalue weighted by Crippen LogP contribution is -2.11. The fourth-order valence-corrected chi connectivity index (χ4v) is 2.41. The van der Waals surface area contributed by atoms with Crippen molar-refractivity contribution in [3.63, 3.8) is 0 Å². The largest absolute Gasteiger partial charge is 0.369 e. The van der Waals surface area contributed by atoms with E-state index in [1.807, 2.05) is 12.1 Å². The van der Waals surface area contributed by atoms with Crippen LogP contribution in [0.2, 0.25) is 0 Å². The molecule has 2 rings (SSSR count). The smallest absolute Gasteiger partial charge is 0.201 e. The Labute approximate surface area is 107 Å². The van der Waals surface area contributed by atoms with Crippen molar-refractivity contribution in [1.29, 1.82) is 5.26 Å². The molecule has 0 aliphatic rings. The number of benzene rings is 1. The molecule has 0 amide bonds. The fourth-order valence-electron chi connectivity index (χ4n) is 2.41. The number of hydrogen-bond donors (Lipinski definition) is 1. The first-order valence-electron chi connectivity index (χ1n) is 6.38. The van der Waals surface area contributed by atoms with Gasteiger partial charge in [0.1, 0.15) is 0 Å². The molecule has 0 fully saturated rings. The van der Waals surface area contributed by atoms with Crippen LogP contribution in [0.1, 0.15) is 44.7 Å². The molecule has 4 nitrogen and oxygen atoms in total. The maximum Gasteiger partial charge on any atom is 0.201 e. The summed E-state index contributed by atoms with van der Waals surface area (Å²) in [6.07, 6.45) is 3.19. The van der Waals surface area contributed by atoms with Crippen molar-refractivity contribution < 1.29 is 0 Å². The molecule has 1 atom stereocenters. The number of nitrogen functional groups attached to an aromatic ring is 1. The molecule has 1 aromatic carbocycles. The second-order valence-electron chi connectivity index (χ2n) is 4.51. The lowest BCUT2D eigenvalue weighted by Gasteiger charge is -2.18. The molecule has 1 aromatic heterocycles. The third-order valence-electron chi connectivity index (χ3n) is 3.30. The molecule has 0 saturated carbocycles. The first-order chi connectivity index (χ1) is 8.71. The summed E-state index contributed by atoms with van der Waals surface area (Å²) in [5, 5.41) is 8.98. The van der Waals surface area contributed by atoms with E-state index in [0.29, 0.717) is 17.6 Å². The van der Waals surface area contributed by atoms with Crippen LogP contribution in [0.3, 0.4) is 0 Å². The molecule has 0 bridgehead atoms. The number of fused-ring (bicyclic) bond motifs is 1. The maximum atomic E-state index is 8.98. The van der Waals surface area contributed by atoms with E-state index in [0.717, 1.165) is 30.3 Å². The first kappa shape index (κ1) is 12.4. The molecule has 0 radical (unpaired) electrons. The predicted molar refractivity (Wildman–Crippen MR) is 73.1 cm³/mol. The van der Waals surface area contributed by atoms with E-state index >= 15 is 0 Å². The zero-order valence-electron chi connectivity index (χ0n) is 10.8. The minimum Gasteiger partial charge on any atom is -0.369 e. The van der Waals surface area contributed by atoms with Gasteiger partial charge in [0, 0.05) is 6.04 Å². The minimum atomic E-state index is 0.356. The summed E-state index contributed by atoms with van der Waals surface area (Å²) in [4.78, 5) is 4.37. The Morgan fingerprint density at radius 1 is 1.44 bits per heavy atom. The molecule has 1 heterocycles. The first-order valence-corrected chi connectivity index (χ1v) is 6.38. The fraction of sp³-hybridized carbons (Fsp3) is 0.429. The molecule has 0 aliphatic carbocycles. The highest BCUT2D eigenvalue weighted by atomic mass is 15.2. The van der Waals surface area contributed by atoms with E-state index in [4.69, 9.17) is 11.0 Å². The van der Waals surface area contributed by atoms with Crippen molar-refractivity contribution in [3.8, 4) is 6.07 Å². The Kier molecular flexibility index (Phi) is 3.52. The van der Waals surface area contributed by atoms with E-state index < -0.39 is 0 Å². The third-order valence-corrected chi connectivity index (χ3v) is 3.30. The van der Waals surface area contributed by atoms with E-state index in [2.05, 4.69) is 29.5 Å². The molecule has 0 saturated heterocycles. The summed E-state index contributed by atoms with van der Waals surface area (Å²) in [6.45, 7) is 4.32. The Morgan fingerprint density at radius 3 is 2.83 bits per heavy atom. The predicted octanol–water partition coefficient (Wildman–Crippen LogP) is 3.24. The zero-order valence-corrected chi connectivity index (χ0v) is 10.8. The Bertz CT molecular complexity index is 592. The van der Waals surface area contributed by atoms with Gasteiger partial charge < -0.3 is 10.3 Å². The van der Waals surface area contributed by atoms with E-state index in [9.17, 15) is 0 Å². The van der Waals surface area contributed by atoms with Gasteiger partial charge >= 0.3 is 0 Å². The highest BCUT2D eigenvalue weighted by Crippen LogP contribution is 2.28. The summed E-state index contributed by atoms with van der Waals surface area (Å²) in [5.74, 6) is 0.542. The highest BCUT2D eigenvalue weighted by Gasteiger charge is 2.15. The van der Waals surface area contributed by atoms with Gasteiger partial charge in [-0.15, -0.1) is 0 Å². The van der Waals surface area contributed by atoms with E-state index in [-0.39, 0.29) is 0 Å². The van der Waals surface area contributed by atoms with Crippen LogP contribution in [-0.2, 0) is 0 Å². The van der Waals surface area contributed by atoms with Gasteiger partial charge in [-0.2, -0.15) is 5.26 Å². The summed E-state index contributed by atoms with van der Waals surface area (Å²) in [6, 6.07) is 8.03. The van der Waals surface area contributed by atoms with Crippen LogP contribution in [0.5, 0.6) is 0 Å². The standard InChI is InChI=1S/C14H18N4/c1-3-5-11(4-2)18-13-8-10(9-15)6-7-12(13)17-14(18)16/h6-8,11H,3-5H2,1-2H3,(H2,16,17). The Hall–Kier alpha value is -2.02.